The van der Waals surface area contributed by atoms with Gasteiger partial charge >= 0.3 is 0 Å². The maximum absolute atomic E-state index is 12.2. The molecule has 2 rings (SSSR count). The number of hydrogen-bond acceptors (Lipinski definition) is 3. The van der Waals surface area contributed by atoms with Crippen molar-refractivity contribution < 1.29 is 9.53 Å². The van der Waals surface area contributed by atoms with Crippen molar-refractivity contribution in [1.82, 2.24) is 5.32 Å². The third-order valence-electron chi connectivity index (χ3n) is 3.25. The predicted octanol–water partition coefficient (Wildman–Crippen LogP) is 2.89. The van der Waals surface area contributed by atoms with Crippen LogP contribution in [0.2, 0.25) is 10.0 Å². The molecule has 20 heavy (non-hydrogen) atoms. The molecular formula is C13H17Cl3N2O2. The normalized spacial score (nSPS) is 15.2. The van der Waals surface area contributed by atoms with Crippen molar-refractivity contribution in [3.05, 3.63) is 27.7 Å². The Hall–Kier alpha value is -0.680. The molecule has 3 N–H and O–H groups in total. The summed E-state index contributed by atoms with van der Waals surface area (Å²) in [5.74, 6) is 0.652. The Bertz CT molecular complexity index is 493. The first-order chi connectivity index (χ1) is 9.06. The van der Waals surface area contributed by atoms with Crippen LogP contribution in [0.25, 0.3) is 0 Å². The minimum absolute atomic E-state index is 0. The first-order valence-electron chi connectivity index (χ1n) is 6.10. The number of amides is 1. The lowest BCUT2D eigenvalue weighted by Gasteiger charge is -2.17. The topological polar surface area (TPSA) is 64.3 Å². The molecule has 0 spiro atoms. The second-order valence-corrected chi connectivity index (χ2v) is 5.43. The first-order valence-corrected chi connectivity index (χ1v) is 6.86. The average Bonchev–Trinajstić information content (AvgIpc) is 3.22. The standard InChI is InChI=1S/C13H16Cl2N2O2.ClH/c1-19-12-5-10(15)9(14)4-8(12)13(18)17-11(6-16)7-2-3-7;/h4-5,7,11H,2-3,6,16H2,1H3,(H,17,18);1H. The number of hydrogen-bond donors (Lipinski definition) is 2. The average molecular weight is 340 g/mol. The van der Waals surface area contributed by atoms with Crippen LogP contribution in [0.15, 0.2) is 12.1 Å². The molecule has 1 aliphatic rings. The quantitative estimate of drug-likeness (QED) is 0.867. The molecule has 1 atom stereocenters. The molecule has 1 unspecified atom stereocenters. The Balaban J connectivity index is 0.00000200. The number of ether oxygens (including phenoxy) is 1. The van der Waals surface area contributed by atoms with Gasteiger partial charge in [-0.15, -0.1) is 12.4 Å². The van der Waals surface area contributed by atoms with Gasteiger partial charge in [-0.2, -0.15) is 0 Å². The molecule has 4 nitrogen and oxygen atoms in total. The molecule has 1 fully saturated rings. The fourth-order valence-corrected chi connectivity index (χ4v) is 2.31. The van der Waals surface area contributed by atoms with Crippen molar-refractivity contribution in [3.8, 4) is 5.75 Å². The molecule has 0 saturated heterocycles. The van der Waals surface area contributed by atoms with E-state index in [1.807, 2.05) is 0 Å². The first kappa shape index (κ1) is 17.4. The van der Waals surface area contributed by atoms with Crippen LogP contribution in [0, 0.1) is 5.92 Å². The Labute approximate surface area is 134 Å². The van der Waals surface area contributed by atoms with E-state index >= 15 is 0 Å². The van der Waals surface area contributed by atoms with Crippen molar-refractivity contribution in [2.75, 3.05) is 13.7 Å². The number of nitrogens with two attached hydrogens (primary N) is 1. The number of benzene rings is 1. The zero-order valence-electron chi connectivity index (χ0n) is 11.0. The minimum Gasteiger partial charge on any atom is -0.496 e. The molecule has 0 aliphatic heterocycles. The van der Waals surface area contributed by atoms with E-state index < -0.39 is 0 Å². The molecule has 1 aliphatic carbocycles. The van der Waals surface area contributed by atoms with Crippen LogP contribution < -0.4 is 15.8 Å². The third kappa shape index (κ3) is 3.92. The second-order valence-electron chi connectivity index (χ2n) is 4.62. The molecule has 0 radical (unpaired) electrons. The van der Waals surface area contributed by atoms with Crippen LogP contribution in [0.3, 0.4) is 0 Å². The molecule has 112 valence electrons. The number of methoxy groups -OCH3 is 1. The number of carbonyl (C=O) groups is 1. The summed E-state index contributed by atoms with van der Waals surface area (Å²) < 4.78 is 5.16. The van der Waals surface area contributed by atoms with Crippen LogP contribution in [0.5, 0.6) is 5.75 Å². The van der Waals surface area contributed by atoms with E-state index in [0.717, 1.165) is 12.8 Å². The Morgan fingerprint density at radius 1 is 1.45 bits per heavy atom. The van der Waals surface area contributed by atoms with Crippen LogP contribution in [-0.2, 0) is 0 Å². The van der Waals surface area contributed by atoms with Gasteiger partial charge < -0.3 is 15.8 Å². The number of nitrogens with one attached hydrogen (secondary N) is 1. The van der Waals surface area contributed by atoms with Crippen LogP contribution in [0.1, 0.15) is 23.2 Å². The van der Waals surface area contributed by atoms with Crippen molar-refractivity contribution in [2.45, 2.75) is 18.9 Å². The Morgan fingerprint density at radius 3 is 2.55 bits per heavy atom. The van der Waals surface area contributed by atoms with Crippen LogP contribution >= 0.6 is 35.6 Å². The molecule has 1 saturated carbocycles. The van der Waals surface area contributed by atoms with E-state index in [9.17, 15) is 4.79 Å². The van der Waals surface area contributed by atoms with E-state index in [1.165, 1.54) is 19.2 Å². The second kappa shape index (κ2) is 7.36. The van der Waals surface area contributed by atoms with Gasteiger partial charge in [-0.05, 0) is 24.8 Å². The zero-order chi connectivity index (χ0) is 14.0. The molecule has 0 bridgehead atoms. The van der Waals surface area contributed by atoms with Gasteiger partial charge in [0.25, 0.3) is 5.91 Å². The van der Waals surface area contributed by atoms with E-state index in [2.05, 4.69) is 5.32 Å². The lowest BCUT2D eigenvalue weighted by atomic mass is 10.1. The Kier molecular flexibility index (Phi) is 6.40. The summed E-state index contributed by atoms with van der Waals surface area (Å²) in [6, 6.07) is 3.05. The highest BCUT2D eigenvalue weighted by molar-refractivity contribution is 6.42. The Morgan fingerprint density at radius 2 is 2.05 bits per heavy atom. The molecular weight excluding hydrogens is 323 g/mol. The van der Waals surface area contributed by atoms with Gasteiger partial charge in [-0.1, -0.05) is 23.2 Å². The maximum Gasteiger partial charge on any atom is 0.255 e. The smallest absolute Gasteiger partial charge is 0.255 e. The fraction of sp³-hybridized carbons (Fsp3) is 0.462. The molecule has 0 heterocycles. The largest absolute Gasteiger partial charge is 0.496 e. The summed E-state index contributed by atoms with van der Waals surface area (Å²) >= 11 is 11.8. The highest BCUT2D eigenvalue weighted by atomic mass is 35.5. The number of carbonyl (C=O) groups excluding carboxylic acids is 1. The van der Waals surface area contributed by atoms with Crippen LogP contribution in [-0.4, -0.2) is 25.6 Å². The summed E-state index contributed by atoms with van der Waals surface area (Å²) in [5.41, 5.74) is 6.04. The summed E-state index contributed by atoms with van der Waals surface area (Å²) in [6.45, 7) is 0.431. The van der Waals surface area contributed by atoms with Gasteiger partial charge in [0.2, 0.25) is 0 Å². The van der Waals surface area contributed by atoms with E-state index in [-0.39, 0.29) is 24.4 Å². The molecule has 0 aromatic heterocycles. The molecule has 1 aromatic rings. The summed E-state index contributed by atoms with van der Waals surface area (Å²) in [6.07, 6.45) is 2.22. The van der Waals surface area contributed by atoms with Crippen molar-refractivity contribution in [2.24, 2.45) is 11.7 Å². The van der Waals surface area contributed by atoms with E-state index in [1.54, 1.807) is 0 Å². The van der Waals surface area contributed by atoms with Gasteiger partial charge in [-0.3, -0.25) is 4.79 Å². The minimum atomic E-state index is -0.238. The van der Waals surface area contributed by atoms with Gasteiger partial charge in [0.05, 0.1) is 22.7 Å². The summed E-state index contributed by atoms with van der Waals surface area (Å²) in [4.78, 5) is 12.2. The lowest BCUT2D eigenvalue weighted by molar-refractivity contribution is 0.0930. The van der Waals surface area contributed by atoms with Gasteiger partial charge in [0.15, 0.2) is 0 Å². The van der Waals surface area contributed by atoms with Gasteiger partial charge in [0.1, 0.15) is 5.75 Å². The zero-order valence-corrected chi connectivity index (χ0v) is 13.3. The molecule has 7 heteroatoms. The van der Waals surface area contributed by atoms with Crippen LogP contribution in [0.4, 0.5) is 0 Å². The number of rotatable bonds is 5. The molecule has 1 aromatic carbocycles. The van der Waals surface area contributed by atoms with E-state index in [4.69, 9.17) is 33.7 Å². The van der Waals surface area contributed by atoms with Crippen molar-refractivity contribution in [1.29, 1.82) is 0 Å². The van der Waals surface area contributed by atoms with Crippen molar-refractivity contribution >= 4 is 41.5 Å². The van der Waals surface area contributed by atoms with Gasteiger partial charge in [0, 0.05) is 18.7 Å². The predicted molar refractivity (Wildman–Crippen MR) is 83.3 cm³/mol. The molecule has 1 amide bonds. The monoisotopic (exact) mass is 338 g/mol. The fourth-order valence-electron chi connectivity index (χ4n) is 1.99. The highest BCUT2D eigenvalue weighted by Gasteiger charge is 2.32. The SMILES string of the molecule is COc1cc(Cl)c(Cl)cc1C(=O)NC(CN)C1CC1.Cl. The maximum atomic E-state index is 12.2. The summed E-state index contributed by atoms with van der Waals surface area (Å²) in [5, 5.41) is 3.60. The third-order valence-corrected chi connectivity index (χ3v) is 3.97. The summed E-state index contributed by atoms with van der Waals surface area (Å²) in [7, 11) is 1.48. The van der Waals surface area contributed by atoms with Gasteiger partial charge in [-0.25, -0.2) is 0 Å². The van der Waals surface area contributed by atoms with E-state index in [0.29, 0.717) is 33.8 Å². The lowest BCUT2D eigenvalue weighted by Crippen LogP contribution is -2.41. The van der Waals surface area contributed by atoms with Crippen molar-refractivity contribution in [3.63, 3.8) is 0 Å². The highest BCUT2D eigenvalue weighted by Crippen LogP contribution is 2.33. The number of halogens is 3.